The van der Waals surface area contributed by atoms with E-state index in [4.69, 9.17) is 0 Å². The highest BCUT2D eigenvalue weighted by atomic mass is 32.2. The van der Waals surface area contributed by atoms with E-state index in [0.29, 0.717) is 0 Å². The van der Waals surface area contributed by atoms with Crippen molar-refractivity contribution in [1.29, 1.82) is 0 Å². The van der Waals surface area contributed by atoms with Gasteiger partial charge in [-0.25, -0.2) is 9.38 Å². The molecule has 4 heteroatoms. The molecule has 122 valence electrons. The number of hydrogen-bond acceptors (Lipinski definition) is 3. The zero-order valence-electron chi connectivity index (χ0n) is 13.2. The van der Waals surface area contributed by atoms with E-state index >= 15 is 0 Å². The van der Waals surface area contributed by atoms with Gasteiger partial charge < -0.3 is 0 Å². The van der Waals surface area contributed by atoms with Gasteiger partial charge in [-0.15, -0.1) is 22.7 Å². The minimum absolute atomic E-state index is 0.247. The minimum Gasteiger partial charge on any atom is -0.228 e. The van der Waals surface area contributed by atoms with E-state index in [9.17, 15) is 4.39 Å². The van der Waals surface area contributed by atoms with E-state index in [1.165, 1.54) is 33.0 Å². The van der Waals surface area contributed by atoms with Gasteiger partial charge >= 0.3 is 0 Å². The largest absolute Gasteiger partial charge is 0.228 e. The highest BCUT2D eigenvalue weighted by Gasteiger charge is 2.12. The lowest BCUT2D eigenvalue weighted by molar-refractivity contribution is 0.628. The number of rotatable bonds is 3. The first kappa shape index (κ1) is 15.9. The maximum atomic E-state index is 13.1. The summed E-state index contributed by atoms with van der Waals surface area (Å²) in [5.41, 5.74) is 3.13. The van der Waals surface area contributed by atoms with Gasteiger partial charge in [0.1, 0.15) is 5.82 Å². The molecular formula is C21H14FNS2. The van der Waals surface area contributed by atoms with E-state index in [1.54, 1.807) is 34.8 Å². The standard InChI is InChI=1S/C21H14FNS2/c22-17-11-13-18(14-12-17)23-21-24-19(15-7-3-1-4-8-15)20(25-21)16-9-5-2-6-10-16/h1-14H. The molecule has 0 saturated heterocycles. The summed E-state index contributed by atoms with van der Waals surface area (Å²) in [6.07, 6.45) is 0. The lowest BCUT2D eigenvalue weighted by atomic mass is 10.1. The van der Waals surface area contributed by atoms with Crippen LogP contribution in [0, 0.1) is 5.82 Å². The molecule has 0 bridgehead atoms. The zero-order chi connectivity index (χ0) is 17.1. The van der Waals surface area contributed by atoms with Crippen LogP contribution < -0.4 is 3.98 Å². The van der Waals surface area contributed by atoms with Gasteiger partial charge in [0.2, 0.25) is 0 Å². The van der Waals surface area contributed by atoms with Crippen molar-refractivity contribution < 1.29 is 4.39 Å². The van der Waals surface area contributed by atoms with Crippen molar-refractivity contribution in [2.45, 2.75) is 0 Å². The SMILES string of the molecule is Fc1ccc(N=c2sc(-c3ccccc3)c(-c3ccccc3)s2)cc1. The third kappa shape index (κ3) is 3.60. The van der Waals surface area contributed by atoms with Crippen LogP contribution in [0.1, 0.15) is 0 Å². The van der Waals surface area contributed by atoms with Crippen LogP contribution >= 0.6 is 22.7 Å². The van der Waals surface area contributed by atoms with Crippen LogP contribution in [0.2, 0.25) is 0 Å². The Bertz CT molecular complexity index is 973. The Morgan fingerprint density at radius 1 is 0.600 bits per heavy atom. The first-order valence-corrected chi connectivity index (χ1v) is 9.48. The van der Waals surface area contributed by atoms with Gasteiger partial charge in [0.05, 0.1) is 15.4 Å². The highest BCUT2D eigenvalue weighted by molar-refractivity contribution is 7.32. The van der Waals surface area contributed by atoms with Crippen molar-refractivity contribution in [2.75, 3.05) is 0 Å². The second kappa shape index (κ2) is 7.13. The summed E-state index contributed by atoms with van der Waals surface area (Å²) in [5, 5.41) is 0. The number of nitrogens with zero attached hydrogens (tertiary/aromatic N) is 1. The lowest BCUT2D eigenvalue weighted by Gasteiger charge is -2.02. The van der Waals surface area contributed by atoms with Gasteiger partial charge in [0.15, 0.2) is 3.98 Å². The lowest BCUT2D eigenvalue weighted by Crippen LogP contribution is -1.84. The molecule has 1 nitrogen and oxygen atoms in total. The molecular weight excluding hydrogens is 349 g/mol. The molecule has 0 amide bonds. The average Bonchev–Trinajstić information content (AvgIpc) is 3.09. The molecule has 0 aliphatic heterocycles. The van der Waals surface area contributed by atoms with Crippen LogP contribution in [-0.2, 0) is 0 Å². The van der Waals surface area contributed by atoms with E-state index in [1.807, 2.05) is 36.4 Å². The van der Waals surface area contributed by atoms with E-state index < -0.39 is 0 Å². The summed E-state index contributed by atoms with van der Waals surface area (Å²) < 4.78 is 14.0. The van der Waals surface area contributed by atoms with Crippen molar-refractivity contribution in [3.8, 4) is 20.9 Å². The molecule has 1 heterocycles. The molecule has 1 aromatic heterocycles. The second-order valence-electron chi connectivity index (χ2n) is 5.45. The minimum atomic E-state index is -0.247. The van der Waals surface area contributed by atoms with Crippen LogP contribution in [0.3, 0.4) is 0 Å². The van der Waals surface area contributed by atoms with Gasteiger partial charge in [-0.2, -0.15) is 0 Å². The summed E-state index contributed by atoms with van der Waals surface area (Å²) in [5.74, 6) is -0.247. The van der Waals surface area contributed by atoms with Crippen LogP contribution in [-0.4, -0.2) is 0 Å². The van der Waals surface area contributed by atoms with Gasteiger partial charge in [-0.1, -0.05) is 60.7 Å². The Hall–Kier alpha value is -2.56. The Morgan fingerprint density at radius 3 is 1.56 bits per heavy atom. The molecule has 0 radical (unpaired) electrons. The van der Waals surface area contributed by atoms with Crippen LogP contribution in [0.4, 0.5) is 10.1 Å². The molecule has 0 atom stereocenters. The van der Waals surface area contributed by atoms with E-state index in [0.717, 1.165) is 9.67 Å². The Morgan fingerprint density at radius 2 is 1.08 bits per heavy atom. The van der Waals surface area contributed by atoms with Crippen LogP contribution in [0.25, 0.3) is 20.9 Å². The van der Waals surface area contributed by atoms with Gasteiger partial charge in [-0.3, -0.25) is 0 Å². The topological polar surface area (TPSA) is 12.4 Å². The van der Waals surface area contributed by atoms with Crippen molar-refractivity contribution in [3.05, 3.63) is 94.7 Å². The quantitative estimate of drug-likeness (QED) is 0.393. The molecule has 0 aliphatic rings. The molecule has 4 rings (SSSR count). The summed E-state index contributed by atoms with van der Waals surface area (Å²) >= 11 is 3.33. The van der Waals surface area contributed by atoms with Gasteiger partial charge in [-0.05, 0) is 35.4 Å². The number of hydrogen-bond donors (Lipinski definition) is 0. The summed E-state index contributed by atoms with van der Waals surface area (Å²) in [6.45, 7) is 0. The van der Waals surface area contributed by atoms with E-state index in [2.05, 4.69) is 29.3 Å². The maximum absolute atomic E-state index is 13.1. The molecule has 0 spiro atoms. The van der Waals surface area contributed by atoms with E-state index in [-0.39, 0.29) is 5.82 Å². The monoisotopic (exact) mass is 363 g/mol. The Kier molecular flexibility index (Phi) is 4.55. The molecule has 4 aromatic rings. The van der Waals surface area contributed by atoms with Gasteiger partial charge in [0, 0.05) is 0 Å². The first-order valence-electron chi connectivity index (χ1n) is 7.85. The predicted molar refractivity (Wildman–Crippen MR) is 105 cm³/mol. The second-order valence-corrected chi connectivity index (χ2v) is 7.71. The smallest absolute Gasteiger partial charge is 0.172 e. The zero-order valence-corrected chi connectivity index (χ0v) is 14.9. The van der Waals surface area contributed by atoms with Crippen LogP contribution in [0.15, 0.2) is 89.9 Å². The molecule has 0 aliphatic carbocycles. The molecule has 0 fully saturated rings. The third-order valence-corrected chi connectivity index (χ3v) is 6.15. The Balaban J connectivity index is 1.88. The summed E-state index contributed by atoms with van der Waals surface area (Å²) in [4.78, 5) is 7.10. The molecule has 0 unspecified atom stereocenters. The fourth-order valence-electron chi connectivity index (χ4n) is 2.51. The van der Waals surface area contributed by atoms with Gasteiger partial charge in [0.25, 0.3) is 0 Å². The fourth-order valence-corrected chi connectivity index (χ4v) is 5.01. The normalized spacial score (nSPS) is 10.6. The maximum Gasteiger partial charge on any atom is 0.172 e. The summed E-state index contributed by atoms with van der Waals surface area (Å²) in [7, 11) is 0. The van der Waals surface area contributed by atoms with Crippen molar-refractivity contribution >= 4 is 28.4 Å². The molecule has 0 saturated carbocycles. The average molecular weight is 363 g/mol. The third-order valence-electron chi connectivity index (χ3n) is 3.70. The molecule has 25 heavy (non-hydrogen) atoms. The first-order chi connectivity index (χ1) is 12.3. The number of halogens is 1. The molecule has 0 N–H and O–H groups in total. The highest BCUT2D eigenvalue weighted by Crippen LogP contribution is 2.37. The fraction of sp³-hybridized carbons (Fsp3) is 0. The van der Waals surface area contributed by atoms with Crippen LogP contribution in [0.5, 0.6) is 0 Å². The number of benzene rings is 3. The van der Waals surface area contributed by atoms with Crippen molar-refractivity contribution in [1.82, 2.24) is 0 Å². The molecule has 3 aromatic carbocycles. The van der Waals surface area contributed by atoms with Crippen molar-refractivity contribution in [2.24, 2.45) is 4.99 Å². The Labute approximate surface area is 153 Å². The van der Waals surface area contributed by atoms with Crippen molar-refractivity contribution in [3.63, 3.8) is 0 Å². The summed E-state index contributed by atoms with van der Waals surface area (Å²) in [6, 6.07) is 27.0. The predicted octanol–water partition coefficient (Wildman–Crippen LogP) is 6.52.